The van der Waals surface area contributed by atoms with Gasteiger partial charge in [0.05, 0.1) is 5.69 Å². The number of rotatable bonds is 5. The van der Waals surface area contributed by atoms with Crippen molar-refractivity contribution in [1.82, 2.24) is 9.97 Å². The standard InChI is InChI=1S/C25H26N4O/c1-16-12-13-29(16)25-27-22-9-5-8-21(22)23(28-25)18-10-11-20(24(26)30)19(15-18)14-17-6-3-2-4-7-17/h2-4,6-7,10-11,15-16H,5,8-9,12-14H2,1H3,(H2,26,30). The second kappa shape index (κ2) is 7.56. The van der Waals surface area contributed by atoms with Crippen molar-refractivity contribution in [1.29, 1.82) is 0 Å². The number of fused-ring (bicyclic) bond motifs is 1. The highest BCUT2D eigenvalue weighted by Crippen LogP contribution is 2.35. The second-order valence-corrected chi connectivity index (χ2v) is 8.38. The quantitative estimate of drug-likeness (QED) is 0.707. The molecule has 1 aliphatic carbocycles. The number of primary amides is 1. The van der Waals surface area contributed by atoms with Crippen molar-refractivity contribution < 1.29 is 4.79 Å². The summed E-state index contributed by atoms with van der Waals surface area (Å²) in [6, 6.07) is 16.6. The molecule has 3 aromatic rings. The van der Waals surface area contributed by atoms with Crippen LogP contribution in [0, 0.1) is 0 Å². The molecule has 0 radical (unpaired) electrons. The number of anilines is 1. The van der Waals surface area contributed by atoms with Crippen molar-refractivity contribution in [2.24, 2.45) is 5.73 Å². The Morgan fingerprint density at radius 2 is 1.97 bits per heavy atom. The highest BCUT2D eigenvalue weighted by atomic mass is 16.1. The molecule has 1 unspecified atom stereocenters. The summed E-state index contributed by atoms with van der Waals surface area (Å²) in [5, 5.41) is 0. The maximum absolute atomic E-state index is 12.1. The first kappa shape index (κ1) is 18.8. The smallest absolute Gasteiger partial charge is 0.248 e. The van der Waals surface area contributed by atoms with E-state index in [4.69, 9.17) is 15.7 Å². The molecule has 5 heteroatoms. The zero-order valence-corrected chi connectivity index (χ0v) is 17.3. The summed E-state index contributed by atoms with van der Waals surface area (Å²) in [6.07, 6.45) is 4.98. The van der Waals surface area contributed by atoms with Crippen molar-refractivity contribution in [3.05, 3.63) is 76.5 Å². The number of amides is 1. The maximum Gasteiger partial charge on any atom is 0.248 e. The third kappa shape index (κ3) is 3.34. The zero-order valence-electron chi connectivity index (χ0n) is 17.3. The summed E-state index contributed by atoms with van der Waals surface area (Å²) in [7, 11) is 0. The third-order valence-electron chi connectivity index (χ3n) is 6.38. The first-order valence-corrected chi connectivity index (χ1v) is 10.7. The zero-order chi connectivity index (χ0) is 20.7. The first-order chi connectivity index (χ1) is 14.6. The molecule has 2 aliphatic rings. The fraction of sp³-hybridized carbons (Fsp3) is 0.320. The van der Waals surface area contributed by atoms with E-state index in [0.29, 0.717) is 18.0 Å². The van der Waals surface area contributed by atoms with E-state index in [-0.39, 0.29) is 0 Å². The fourth-order valence-electron chi connectivity index (χ4n) is 4.54. The van der Waals surface area contributed by atoms with Crippen LogP contribution in [0.25, 0.3) is 11.3 Å². The highest BCUT2D eigenvalue weighted by molar-refractivity contribution is 5.95. The van der Waals surface area contributed by atoms with Crippen LogP contribution in [0.4, 0.5) is 5.95 Å². The van der Waals surface area contributed by atoms with Gasteiger partial charge in [0.2, 0.25) is 11.9 Å². The van der Waals surface area contributed by atoms with E-state index in [1.54, 1.807) is 0 Å². The molecule has 0 spiro atoms. The van der Waals surface area contributed by atoms with Gasteiger partial charge in [-0.3, -0.25) is 4.79 Å². The van der Waals surface area contributed by atoms with Crippen molar-refractivity contribution in [3.8, 4) is 11.3 Å². The van der Waals surface area contributed by atoms with E-state index in [2.05, 4.69) is 30.0 Å². The molecule has 1 atom stereocenters. The Morgan fingerprint density at radius 1 is 1.13 bits per heavy atom. The highest BCUT2D eigenvalue weighted by Gasteiger charge is 2.29. The van der Waals surface area contributed by atoms with Gasteiger partial charge in [-0.1, -0.05) is 36.4 Å². The molecule has 152 valence electrons. The minimum absolute atomic E-state index is 0.393. The summed E-state index contributed by atoms with van der Waals surface area (Å²) in [6.45, 7) is 3.23. The van der Waals surface area contributed by atoms with E-state index in [1.807, 2.05) is 30.3 Å². The number of carbonyl (C=O) groups is 1. The Morgan fingerprint density at radius 3 is 2.67 bits per heavy atom. The van der Waals surface area contributed by atoms with E-state index in [0.717, 1.165) is 54.1 Å². The SMILES string of the molecule is CC1CCN1c1nc2c(c(-c3ccc(C(N)=O)c(Cc4ccccc4)c3)n1)CCC2. The van der Waals surface area contributed by atoms with Crippen molar-refractivity contribution in [3.63, 3.8) is 0 Å². The molecule has 1 amide bonds. The number of aromatic nitrogens is 2. The predicted octanol–water partition coefficient (Wildman–Crippen LogP) is 3.92. The van der Waals surface area contributed by atoms with Crippen LogP contribution in [0.3, 0.4) is 0 Å². The number of hydrogen-bond donors (Lipinski definition) is 1. The van der Waals surface area contributed by atoms with Crippen LogP contribution in [-0.2, 0) is 19.3 Å². The molecule has 2 aromatic carbocycles. The molecule has 1 saturated heterocycles. The van der Waals surface area contributed by atoms with Gasteiger partial charge < -0.3 is 10.6 Å². The second-order valence-electron chi connectivity index (χ2n) is 8.38. The Kier molecular flexibility index (Phi) is 4.74. The minimum atomic E-state index is -0.393. The molecule has 1 aromatic heterocycles. The summed E-state index contributed by atoms with van der Waals surface area (Å²) < 4.78 is 0. The van der Waals surface area contributed by atoms with Gasteiger partial charge in [0, 0.05) is 35.0 Å². The molecule has 5 nitrogen and oxygen atoms in total. The van der Waals surface area contributed by atoms with E-state index in [9.17, 15) is 4.79 Å². The van der Waals surface area contributed by atoms with Gasteiger partial charge in [-0.15, -0.1) is 0 Å². The third-order valence-corrected chi connectivity index (χ3v) is 6.38. The number of nitrogens with two attached hydrogens (primary N) is 1. The lowest BCUT2D eigenvalue weighted by Gasteiger charge is -2.39. The number of carbonyl (C=O) groups excluding carboxylic acids is 1. The molecule has 2 N–H and O–H groups in total. The molecular weight excluding hydrogens is 372 g/mol. The lowest BCUT2D eigenvalue weighted by Crippen LogP contribution is -2.46. The molecule has 1 aliphatic heterocycles. The van der Waals surface area contributed by atoms with Gasteiger partial charge in [-0.2, -0.15) is 0 Å². The molecule has 1 fully saturated rings. The Balaban J connectivity index is 1.60. The molecular formula is C25H26N4O. The number of nitrogens with zero attached hydrogens (tertiary/aromatic N) is 3. The van der Waals surface area contributed by atoms with Crippen molar-refractivity contribution in [2.75, 3.05) is 11.4 Å². The van der Waals surface area contributed by atoms with E-state index >= 15 is 0 Å². The molecule has 5 rings (SSSR count). The van der Waals surface area contributed by atoms with Crippen LogP contribution >= 0.6 is 0 Å². The number of benzene rings is 2. The topological polar surface area (TPSA) is 72.1 Å². The molecule has 30 heavy (non-hydrogen) atoms. The normalized spacial score (nSPS) is 17.5. The van der Waals surface area contributed by atoms with Gasteiger partial charge in [-0.05, 0) is 62.3 Å². The number of hydrogen-bond acceptors (Lipinski definition) is 4. The van der Waals surface area contributed by atoms with Crippen LogP contribution in [0.1, 0.15) is 52.5 Å². The van der Waals surface area contributed by atoms with E-state index < -0.39 is 5.91 Å². The van der Waals surface area contributed by atoms with Crippen LogP contribution in [0.5, 0.6) is 0 Å². The fourth-order valence-corrected chi connectivity index (χ4v) is 4.54. The number of aryl methyl sites for hydroxylation is 1. The average Bonchev–Trinajstić information content (AvgIpc) is 3.21. The Labute approximate surface area is 177 Å². The summed E-state index contributed by atoms with van der Waals surface area (Å²) in [5.74, 6) is 0.448. The lowest BCUT2D eigenvalue weighted by molar-refractivity contribution is 0.0999. The van der Waals surface area contributed by atoms with Gasteiger partial charge in [0.15, 0.2) is 0 Å². The predicted molar refractivity (Wildman–Crippen MR) is 119 cm³/mol. The van der Waals surface area contributed by atoms with Crippen LogP contribution in [-0.4, -0.2) is 28.5 Å². The van der Waals surface area contributed by atoms with Crippen molar-refractivity contribution in [2.45, 2.75) is 45.1 Å². The summed E-state index contributed by atoms with van der Waals surface area (Å²) >= 11 is 0. The van der Waals surface area contributed by atoms with Gasteiger partial charge in [0.1, 0.15) is 0 Å². The van der Waals surface area contributed by atoms with Crippen LogP contribution < -0.4 is 10.6 Å². The van der Waals surface area contributed by atoms with Gasteiger partial charge in [0.25, 0.3) is 0 Å². The average molecular weight is 399 g/mol. The largest absolute Gasteiger partial charge is 0.366 e. The molecule has 2 heterocycles. The maximum atomic E-state index is 12.1. The van der Waals surface area contributed by atoms with Crippen molar-refractivity contribution >= 4 is 11.9 Å². The minimum Gasteiger partial charge on any atom is -0.366 e. The van der Waals surface area contributed by atoms with Gasteiger partial charge >= 0.3 is 0 Å². The lowest BCUT2D eigenvalue weighted by atomic mass is 9.94. The molecule has 0 saturated carbocycles. The Bertz CT molecular complexity index is 1110. The Hall–Kier alpha value is -3.21. The summed E-state index contributed by atoms with van der Waals surface area (Å²) in [5.41, 5.74) is 12.8. The van der Waals surface area contributed by atoms with Crippen LogP contribution in [0.15, 0.2) is 48.5 Å². The van der Waals surface area contributed by atoms with Crippen LogP contribution in [0.2, 0.25) is 0 Å². The first-order valence-electron chi connectivity index (χ1n) is 10.7. The van der Waals surface area contributed by atoms with E-state index in [1.165, 1.54) is 17.7 Å². The summed E-state index contributed by atoms with van der Waals surface area (Å²) in [4.78, 5) is 24.2. The monoisotopic (exact) mass is 398 g/mol. The molecule has 0 bridgehead atoms. The van der Waals surface area contributed by atoms with Gasteiger partial charge in [-0.25, -0.2) is 9.97 Å².